The molecule has 0 aliphatic carbocycles. The number of carbonyl (C=O) groups excluding carboxylic acids is 2. The summed E-state index contributed by atoms with van der Waals surface area (Å²) in [6.07, 6.45) is 3.65. The van der Waals surface area contributed by atoms with Gasteiger partial charge in [-0.15, -0.1) is 0 Å². The molecule has 0 aromatic heterocycles. The van der Waals surface area contributed by atoms with Gasteiger partial charge < -0.3 is 9.47 Å². The largest absolute Gasteiger partial charge is 0.459 e. The maximum atomic E-state index is 11.3. The smallest absolute Gasteiger partial charge is 0.330 e. The third kappa shape index (κ3) is 6.15. The molecule has 0 amide bonds. The predicted octanol–water partition coefficient (Wildman–Crippen LogP) is 1.88. The molecular formula is C14H13NO6. The van der Waals surface area contributed by atoms with E-state index in [1.807, 2.05) is 0 Å². The lowest BCUT2D eigenvalue weighted by Crippen LogP contribution is -2.11. The van der Waals surface area contributed by atoms with Crippen molar-refractivity contribution in [3.05, 3.63) is 58.7 Å². The van der Waals surface area contributed by atoms with E-state index < -0.39 is 16.9 Å². The Labute approximate surface area is 120 Å². The average molecular weight is 291 g/mol. The quantitative estimate of drug-likeness (QED) is 0.250. The minimum Gasteiger partial charge on any atom is -0.459 e. The van der Waals surface area contributed by atoms with E-state index in [9.17, 15) is 19.7 Å². The maximum Gasteiger partial charge on any atom is 0.330 e. The predicted molar refractivity (Wildman–Crippen MR) is 74.2 cm³/mol. The van der Waals surface area contributed by atoms with Crippen LogP contribution in [0.3, 0.4) is 0 Å². The molecule has 7 nitrogen and oxygen atoms in total. The Kier molecular flexibility index (Phi) is 6.33. The second kappa shape index (κ2) is 8.26. The second-order valence-electron chi connectivity index (χ2n) is 3.72. The number of nitro groups is 1. The summed E-state index contributed by atoms with van der Waals surface area (Å²) in [4.78, 5) is 32.0. The van der Waals surface area contributed by atoms with Crippen molar-refractivity contribution in [3.8, 4) is 0 Å². The van der Waals surface area contributed by atoms with Gasteiger partial charge in [0.25, 0.3) is 5.69 Å². The van der Waals surface area contributed by atoms with Crippen LogP contribution in [0.5, 0.6) is 0 Å². The number of esters is 2. The molecule has 1 aromatic carbocycles. The molecule has 110 valence electrons. The van der Waals surface area contributed by atoms with Crippen LogP contribution in [0.1, 0.15) is 5.56 Å². The van der Waals surface area contributed by atoms with Gasteiger partial charge in [-0.25, -0.2) is 9.59 Å². The zero-order valence-electron chi connectivity index (χ0n) is 11.1. The molecule has 0 radical (unpaired) electrons. The summed E-state index contributed by atoms with van der Waals surface area (Å²) in [7, 11) is 0. The second-order valence-corrected chi connectivity index (χ2v) is 3.72. The van der Waals surface area contributed by atoms with E-state index in [2.05, 4.69) is 11.3 Å². The first-order valence-electron chi connectivity index (χ1n) is 5.91. The molecule has 21 heavy (non-hydrogen) atoms. The number of non-ortho nitro benzene ring substituents is 1. The first-order valence-corrected chi connectivity index (χ1v) is 5.91. The molecule has 0 aliphatic heterocycles. The highest BCUT2D eigenvalue weighted by Gasteiger charge is 2.03. The van der Waals surface area contributed by atoms with Crippen LogP contribution in [0.15, 0.2) is 43.0 Å². The fraction of sp³-hybridized carbons (Fsp3) is 0.143. The minimum atomic E-state index is -0.608. The lowest BCUT2D eigenvalue weighted by Gasteiger charge is -2.02. The SMILES string of the molecule is C=CC(=O)OCCOC(=O)/C=C/c1ccc([N+](=O)[O-])cc1. The fourth-order valence-electron chi connectivity index (χ4n) is 1.26. The number of hydrogen-bond donors (Lipinski definition) is 0. The number of carbonyl (C=O) groups is 2. The van der Waals surface area contributed by atoms with Crippen molar-refractivity contribution >= 4 is 23.7 Å². The van der Waals surface area contributed by atoms with Crippen molar-refractivity contribution in [2.45, 2.75) is 0 Å². The molecule has 0 bridgehead atoms. The molecular weight excluding hydrogens is 278 g/mol. The summed E-state index contributed by atoms with van der Waals surface area (Å²) >= 11 is 0. The highest BCUT2D eigenvalue weighted by Crippen LogP contribution is 2.12. The molecule has 0 fully saturated rings. The van der Waals surface area contributed by atoms with Gasteiger partial charge in [0.1, 0.15) is 13.2 Å². The molecule has 0 atom stereocenters. The van der Waals surface area contributed by atoms with Crippen molar-refractivity contribution in [1.82, 2.24) is 0 Å². The van der Waals surface area contributed by atoms with E-state index in [4.69, 9.17) is 4.74 Å². The van der Waals surface area contributed by atoms with Crippen LogP contribution in [0.2, 0.25) is 0 Å². The fourth-order valence-corrected chi connectivity index (χ4v) is 1.26. The topological polar surface area (TPSA) is 95.7 Å². The van der Waals surface area contributed by atoms with Gasteiger partial charge in [0, 0.05) is 24.3 Å². The summed E-state index contributed by atoms with van der Waals surface area (Å²) < 4.78 is 9.39. The number of nitrogens with zero attached hydrogens (tertiary/aromatic N) is 1. The molecule has 0 spiro atoms. The zero-order valence-corrected chi connectivity index (χ0v) is 11.1. The van der Waals surface area contributed by atoms with E-state index in [1.54, 1.807) is 0 Å². The van der Waals surface area contributed by atoms with Gasteiger partial charge in [0.05, 0.1) is 4.92 Å². The van der Waals surface area contributed by atoms with Crippen LogP contribution < -0.4 is 0 Å². The molecule has 0 N–H and O–H groups in total. The van der Waals surface area contributed by atoms with E-state index in [1.165, 1.54) is 36.4 Å². The van der Waals surface area contributed by atoms with Gasteiger partial charge in [0.2, 0.25) is 0 Å². The number of benzene rings is 1. The molecule has 0 unspecified atom stereocenters. The summed E-state index contributed by atoms with van der Waals surface area (Å²) in [6.45, 7) is 3.10. The minimum absolute atomic E-state index is 0.0289. The Hall–Kier alpha value is -2.96. The third-order valence-corrected chi connectivity index (χ3v) is 2.25. The van der Waals surface area contributed by atoms with Crippen LogP contribution in [0.25, 0.3) is 6.08 Å². The monoisotopic (exact) mass is 291 g/mol. The molecule has 0 saturated carbocycles. The first kappa shape index (κ1) is 16.1. The first-order chi connectivity index (χ1) is 10.0. The van der Waals surface area contributed by atoms with E-state index in [0.29, 0.717) is 5.56 Å². The standard InChI is InChI=1S/C14H13NO6/c1-2-13(16)20-9-10-21-14(17)8-5-11-3-6-12(7-4-11)15(18)19/h2-8H,1,9-10H2/b8-5+. The summed E-state index contributed by atoms with van der Waals surface area (Å²) in [5, 5.41) is 10.5. The van der Waals surface area contributed by atoms with Gasteiger partial charge in [0.15, 0.2) is 0 Å². The molecule has 1 aromatic rings. The Bertz CT molecular complexity index is 561. The van der Waals surface area contributed by atoms with E-state index in [-0.39, 0.29) is 18.9 Å². The lowest BCUT2D eigenvalue weighted by atomic mass is 10.2. The van der Waals surface area contributed by atoms with Crippen LogP contribution in [0, 0.1) is 10.1 Å². The average Bonchev–Trinajstić information content (AvgIpc) is 2.49. The van der Waals surface area contributed by atoms with Gasteiger partial charge in [-0.05, 0) is 23.8 Å². The Morgan fingerprint density at radius 3 is 2.24 bits per heavy atom. The number of nitro benzene ring substituents is 1. The Morgan fingerprint density at radius 1 is 1.14 bits per heavy atom. The highest BCUT2D eigenvalue weighted by molar-refractivity contribution is 5.87. The van der Waals surface area contributed by atoms with Gasteiger partial charge in [-0.3, -0.25) is 10.1 Å². The molecule has 1 rings (SSSR count). The van der Waals surface area contributed by atoms with Crippen molar-refractivity contribution in [2.24, 2.45) is 0 Å². The van der Waals surface area contributed by atoms with Crippen LogP contribution >= 0.6 is 0 Å². The van der Waals surface area contributed by atoms with Gasteiger partial charge >= 0.3 is 11.9 Å². The van der Waals surface area contributed by atoms with Crippen molar-refractivity contribution in [1.29, 1.82) is 0 Å². The molecule has 0 saturated heterocycles. The zero-order chi connectivity index (χ0) is 15.7. The lowest BCUT2D eigenvalue weighted by molar-refractivity contribution is -0.384. The summed E-state index contributed by atoms with van der Waals surface area (Å²) in [5.41, 5.74) is 0.592. The Balaban J connectivity index is 2.38. The van der Waals surface area contributed by atoms with Crippen molar-refractivity contribution in [3.63, 3.8) is 0 Å². The highest BCUT2D eigenvalue weighted by atomic mass is 16.6. The van der Waals surface area contributed by atoms with Crippen LogP contribution in [-0.2, 0) is 19.1 Å². The van der Waals surface area contributed by atoms with Crippen molar-refractivity contribution < 1.29 is 24.0 Å². The number of ether oxygens (including phenoxy) is 2. The summed E-state index contributed by atoms with van der Waals surface area (Å²) in [5.74, 6) is -1.20. The van der Waals surface area contributed by atoms with E-state index >= 15 is 0 Å². The van der Waals surface area contributed by atoms with Crippen LogP contribution in [0.4, 0.5) is 5.69 Å². The van der Waals surface area contributed by atoms with Gasteiger partial charge in [-0.2, -0.15) is 0 Å². The van der Waals surface area contributed by atoms with Crippen LogP contribution in [-0.4, -0.2) is 30.1 Å². The van der Waals surface area contributed by atoms with Crippen molar-refractivity contribution in [2.75, 3.05) is 13.2 Å². The molecule has 0 heterocycles. The molecule has 0 aliphatic rings. The normalized spacial score (nSPS) is 10.1. The Morgan fingerprint density at radius 2 is 1.71 bits per heavy atom. The maximum absolute atomic E-state index is 11.3. The number of hydrogen-bond acceptors (Lipinski definition) is 6. The van der Waals surface area contributed by atoms with E-state index in [0.717, 1.165) is 6.08 Å². The summed E-state index contributed by atoms with van der Waals surface area (Å²) in [6, 6.07) is 5.68. The third-order valence-electron chi connectivity index (χ3n) is 2.25. The molecule has 7 heteroatoms. The van der Waals surface area contributed by atoms with Gasteiger partial charge in [-0.1, -0.05) is 6.58 Å². The number of rotatable bonds is 7.